The van der Waals surface area contributed by atoms with Crippen molar-refractivity contribution in [2.45, 2.75) is 85.4 Å². The summed E-state index contributed by atoms with van der Waals surface area (Å²) >= 11 is 0. The molecular weight excluding hydrogens is 497 g/mol. The van der Waals surface area contributed by atoms with Gasteiger partial charge in [0, 0.05) is 42.5 Å². The number of anilines is 1. The molecule has 1 aromatic heterocycles. The van der Waals surface area contributed by atoms with Gasteiger partial charge in [0.25, 0.3) is 0 Å². The van der Waals surface area contributed by atoms with E-state index in [1.807, 2.05) is 55.7 Å². The summed E-state index contributed by atoms with van der Waals surface area (Å²) < 4.78 is 16.4. The van der Waals surface area contributed by atoms with Crippen LogP contribution in [0.1, 0.15) is 84.3 Å². The number of hydrogen-bond acceptors (Lipinski definition) is 4. The molecule has 0 unspecified atom stereocenters. The molecule has 3 aromatic rings. The van der Waals surface area contributed by atoms with E-state index in [0.29, 0.717) is 16.8 Å². The number of alkyl halides is 1. The van der Waals surface area contributed by atoms with E-state index in [1.54, 1.807) is 0 Å². The lowest BCUT2D eigenvalue weighted by Crippen LogP contribution is -2.30. The summed E-state index contributed by atoms with van der Waals surface area (Å²) in [7, 11) is 1.87. The zero-order chi connectivity index (χ0) is 29.3. The zero-order valence-electron chi connectivity index (χ0n) is 25.3. The van der Waals surface area contributed by atoms with Crippen LogP contribution < -0.4 is 10.6 Å². The molecule has 0 aliphatic carbocycles. The number of hydrogen-bond donors (Lipinski definition) is 3. The van der Waals surface area contributed by atoms with E-state index in [0.717, 1.165) is 46.3 Å². The second kappa shape index (κ2) is 13.8. The average Bonchev–Trinajstić information content (AvgIpc) is 3.32. The number of rotatable bonds is 15. The van der Waals surface area contributed by atoms with Crippen molar-refractivity contribution in [3.05, 3.63) is 78.1 Å². The van der Waals surface area contributed by atoms with Gasteiger partial charge in [-0.15, -0.1) is 0 Å². The SMILES string of the molecule is C=C(NCC(C)(C)F)/C(=C\C(=N)c1ccc(NC)cc1)c1cccc2c1cnn2CCCCCCCC(C)(C)C. The van der Waals surface area contributed by atoms with Gasteiger partial charge in [-0.25, -0.2) is 4.39 Å². The van der Waals surface area contributed by atoms with Gasteiger partial charge >= 0.3 is 0 Å². The second-order valence-electron chi connectivity index (χ2n) is 12.5. The normalized spacial score (nSPS) is 12.5. The number of nitrogens with zero attached hydrogens (tertiary/aromatic N) is 2. The van der Waals surface area contributed by atoms with E-state index >= 15 is 0 Å². The molecule has 5 nitrogen and oxygen atoms in total. The molecule has 0 bridgehead atoms. The van der Waals surface area contributed by atoms with Gasteiger partial charge in [0.15, 0.2) is 0 Å². The smallest absolute Gasteiger partial charge is 0.122 e. The average molecular weight is 546 g/mol. The molecule has 0 saturated heterocycles. The predicted molar refractivity (Wildman–Crippen MR) is 170 cm³/mol. The minimum atomic E-state index is -1.39. The molecule has 0 saturated carbocycles. The van der Waals surface area contributed by atoms with E-state index in [2.05, 4.69) is 48.7 Å². The molecule has 0 atom stereocenters. The van der Waals surface area contributed by atoms with Crippen LogP contribution in [-0.4, -0.2) is 34.8 Å². The van der Waals surface area contributed by atoms with Crippen LogP contribution in [0.3, 0.4) is 0 Å². The van der Waals surface area contributed by atoms with Crippen LogP contribution in [0.4, 0.5) is 10.1 Å². The Morgan fingerprint density at radius 1 is 1.00 bits per heavy atom. The largest absolute Gasteiger partial charge is 0.388 e. The second-order valence-corrected chi connectivity index (χ2v) is 12.5. The van der Waals surface area contributed by atoms with Crippen LogP contribution in [-0.2, 0) is 6.54 Å². The number of benzene rings is 2. The summed E-state index contributed by atoms with van der Waals surface area (Å²) in [5.41, 5.74) is 4.48. The molecule has 6 heteroatoms. The third-order valence-corrected chi connectivity index (χ3v) is 7.09. The number of nitrogens with one attached hydrogen (secondary N) is 3. The van der Waals surface area contributed by atoms with Crippen molar-refractivity contribution in [3.8, 4) is 0 Å². The van der Waals surface area contributed by atoms with E-state index in [4.69, 9.17) is 10.5 Å². The van der Waals surface area contributed by atoms with Gasteiger partial charge in [-0.2, -0.15) is 5.10 Å². The molecular formula is C34H48FN5. The molecule has 1 heterocycles. The molecule has 2 aromatic carbocycles. The van der Waals surface area contributed by atoms with E-state index in [9.17, 15) is 4.39 Å². The molecule has 3 rings (SSSR count). The lowest BCUT2D eigenvalue weighted by molar-refractivity contribution is 0.216. The topological polar surface area (TPSA) is 65.7 Å². The third-order valence-electron chi connectivity index (χ3n) is 7.09. The van der Waals surface area contributed by atoms with Crippen LogP contribution in [0.5, 0.6) is 0 Å². The molecule has 0 aliphatic rings. The number of aromatic nitrogens is 2. The first kappa shape index (κ1) is 31.1. The number of halogens is 1. The fourth-order valence-corrected chi connectivity index (χ4v) is 4.75. The van der Waals surface area contributed by atoms with Crippen molar-refractivity contribution >= 4 is 27.9 Å². The van der Waals surface area contributed by atoms with Gasteiger partial charge in [-0.3, -0.25) is 4.68 Å². The van der Waals surface area contributed by atoms with Crippen LogP contribution in [0.15, 0.2) is 67.0 Å². The summed E-state index contributed by atoms with van der Waals surface area (Å²) in [5, 5.41) is 20.8. The Balaban J connectivity index is 1.82. The van der Waals surface area contributed by atoms with Gasteiger partial charge in [0.1, 0.15) is 5.67 Å². The highest BCUT2D eigenvalue weighted by Crippen LogP contribution is 2.30. The van der Waals surface area contributed by atoms with E-state index in [1.165, 1.54) is 46.0 Å². The highest BCUT2D eigenvalue weighted by molar-refractivity contribution is 6.13. The molecule has 3 N–H and O–H groups in total. The van der Waals surface area contributed by atoms with Crippen LogP contribution >= 0.6 is 0 Å². The highest BCUT2D eigenvalue weighted by Gasteiger charge is 2.19. The maximum absolute atomic E-state index is 14.4. The molecule has 216 valence electrons. The van der Waals surface area contributed by atoms with Gasteiger partial charge in [-0.1, -0.05) is 77.3 Å². The first-order valence-electron chi connectivity index (χ1n) is 14.5. The first-order valence-corrected chi connectivity index (χ1v) is 14.5. The van der Waals surface area contributed by atoms with E-state index < -0.39 is 5.67 Å². The minimum Gasteiger partial charge on any atom is -0.388 e. The Morgan fingerprint density at radius 3 is 2.33 bits per heavy atom. The first-order chi connectivity index (χ1) is 18.9. The van der Waals surface area contributed by atoms with E-state index in [-0.39, 0.29) is 6.54 Å². The Hall–Kier alpha value is -3.41. The molecule has 40 heavy (non-hydrogen) atoms. The van der Waals surface area contributed by atoms with Crippen molar-refractivity contribution in [1.29, 1.82) is 5.41 Å². The number of fused-ring (bicyclic) bond motifs is 1. The lowest BCUT2D eigenvalue weighted by atomic mass is 9.89. The molecule has 0 fully saturated rings. The Bertz CT molecular complexity index is 1300. The highest BCUT2D eigenvalue weighted by atomic mass is 19.1. The van der Waals surface area contributed by atoms with Crippen LogP contribution in [0.25, 0.3) is 16.5 Å². The van der Waals surface area contributed by atoms with Crippen LogP contribution in [0, 0.1) is 10.8 Å². The lowest BCUT2D eigenvalue weighted by Gasteiger charge is -2.20. The summed E-state index contributed by atoms with van der Waals surface area (Å²) in [5.74, 6) is 0. The van der Waals surface area contributed by atoms with Crippen molar-refractivity contribution in [1.82, 2.24) is 15.1 Å². The van der Waals surface area contributed by atoms with Crippen molar-refractivity contribution in [2.75, 3.05) is 18.9 Å². The van der Waals surface area contributed by atoms with Gasteiger partial charge < -0.3 is 16.0 Å². The molecule has 0 spiro atoms. The van der Waals surface area contributed by atoms with Gasteiger partial charge in [0.05, 0.1) is 17.4 Å². The molecule has 0 aliphatic heterocycles. The molecule has 0 radical (unpaired) electrons. The molecule has 0 amide bonds. The van der Waals surface area contributed by atoms with Crippen LogP contribution in [0.2, 0.25) is 0 Å². The number of aryl methyl sites for hydroxylation is 1. The monoisotopic (exact) mass is 545 g/mol. The fourth-order valence-electron chi connectivity index (χ4n) is 4.75. The third kappa shape index (κ3) is 9.35. The summed E-state index contributed by atoms with van der Waals surface area (Å²) in [6, 6.07) is 13.9. The van der Waals surface area contributed by atoms with Gasteiger partial charge in [-0.05, 0) is 67.5 Å². The number of unbranched alkanes of at least 4 members (excludes halogenated alkanes) is 4. The quantitative estimate of drug-likeness (QED) is 0.102. The fraction of sp³-hybridized carbons (Fsp3) is 0.471. The Morgan fingerprint density at radius 2 is 1.68 bits per heavy atom. The minimum absolute atomic E-state index is 0.123. The maximum atomic E-state index is 14.4. The van der Waals surface area contributed by atoms with Crippen molar-refractivity contribution in [3.63, 3.8) is 0 Å². The summed E-state index contributed by atoms with van der Waals surface area (Å²) in [4.78, 5) is 0. The Labute approximate surface area is 240 Å². The summed E-state index contributed by atoms with van der Waals surface area (Å²) in [6.07, 6.45) is 11.1. The maximum Gasteiger partial charge on any atom is 0.122 e. The van der Waals surface area contributed by atoms with Crippen molar-refractivity contribution in [2.24, 2.45) is 5.41 Å². The predicted octanol–water partition coefficient (Wildman–Crippen LogP) is 8.77. The number of allylic oxidation sites excluding steroid dienone is 2. The summed E-state index contributed by atoms with van der Waals surface area (Å²) in [6.45, 7) is 15.2. The Kier molecular flexibility index (Phi) is 10.7. The zero-order valence-corrected chi connectivity index (χ0v) is 25.3. The standard InChI is InChI=1S/C34H48FN5/c1-25(38-24-34(5,6)35)29(22-31(36)26-16-18-27(37-7)19-17-26)28-14-13-15-32-30(28)23-39-40(32)21-12-10-8-9-11-20-33(2,3)4/h13-19,22-23,36-38H,1,8-12,20-21,24H2,2-7H3/b29-22+,36-31?. The van der Waals surface area contributed by atoms with Gasteiger partial charge in [0.2, 0.25) is 0 Å². The van der Waals surface area contributed by atoms with Crippen molar-refractivity contribution < 1.29 is 4.39 Å².